The van der Waals surface area contributed by atoms with E-state index in [0.29, 0.717) is 11.5 Å². The van der Waals surface area contributed by atoms with Crippen LogP contribution in [0.4, 0.5) is 5.82 Å². The second-order valence-corrected chi connectivity index (χ2v) is 2.17. The van der Waals surface area contributed by atoms with Crippen LogP contribution in [0.25, 0.3) is 0 Å². The molecule has 0 atom stereocenters. The highest BCUT2D eigenvalue weighted by atomic mass is 16.1. The molecule has 0 unspecified atom stereocenters. The fourth-order valence-electron chi connectivity index (χ4n) is 0.710. The summed E-state index contributed by atoms with van der Waals surface area (Å²) in [5.74, 6) is 9.58. The van der Waals surface area contributed by atoms with Gasteiger partial charge in [0.05, 0.1) is 0 Å². The Hall–Kier alpha value is -2.06. The molecule has 0 aliphatic rings. The van der Waals surface area contributed by atoms with E-state index >= 15 is 0 Å². The molecule has 13 heavy (non-hydrogen) atoms. The van der Waals surface area contributed by atoms with E-state index in [1.165, 1.54) is 0 Å². The predicted octanol–water partition coefficient (Wildman–Crippen LogP) is -0.796. The molecule has 0 spiro atoms. The number of carbonyl (C=O) groups is 1. The van der Waals surface area contributed by atoms with Crippen molar-refractivity contribution < 1.29 is 4.79 Å². The second kappa shape index (κ2) is 4.09. The number of hydrazine groups is 1. The van der Waals surface area contributed by atoms with Crippen LogP contribution in [-0.4, -0.2) is 10.9 Å². The van der Waals surface area contributed by atoms with Crippen LogP contribution in [0.5, 0.6) is 0 Å². The molecule has 66 valence electrons. The molecule has 0 aliphatic carbocycles. The zero-order valence-electron chi connectivity index (χ0n) is 6.74. The Balaban J connectivity index is 2.91. The molecule has 0 saturated carbocycles. The average molecular weight is 176 g/mol. The van der Waals surface area contributed by atoms with Gasteiger partial charge >= 0.3 is 0 Å². The van der Waals surface area contributed by atoms with Gasteiger partial charge in [0.25, 0.3) is 5.91 Å². The lowest BCUT2D eigenvalue weighted by atomic mass is 10.3. The highest BCUT2D eigenvalue weighted by molar-refractivity contribution is 5.92. The van der Waals surface area contributed by atoms with Gasteiger partial charge in [-0.2, -0.15) is 0 Å². The first-order chi connectivity index (χ1) is 6.22. The average Bonchev–Trinajstić information content (AvgIpc) is 2.15. The largest absolute Gasteiger partial charge is 0.359 e. The van der Waals surface area contributed by atoms with E-state index in [1.54, 1.807) is 18.2 Å². The maximum Gasteiger partial charge on any atom is 0.293 e. The van der Waals surface area contributed by atoms with Crippen LogP contribution in [0.3, 0.4) is 0 Å². The number of hydrogen-bond acceptors (Lipinski definition) is 4. The van der Waals surface area contributed by atoms with Crippen LogP contribution in [0.1, 0.15) is 5.69 Å². The minimum Gasteiger partial charge on any atom is -0.359 e. The van der Waals surface area contributed by atoms with Crippen LogP contribution in [-0.2, 0) is 4.79 Å². The zero-order chi connectivity index (χ0) is 9.68. The number of primary amides is 1. The first-order valence-electron chi connectivity index (χ1n) is 3.47. The van der Waals surface area contributed by atoms with Crippen LogP contribution in [0.2, 0.25) is 0 Å². The molecule has 0 bridgehead atoms. The highest BCUT2D eigenvalue weighted by Crippen LogP contribution is 2.00. The lowest BCUT2D eigenvalue weighted by Gasteiger charge is -1.96. The number of carbonyl (C=O) groups excluding carboxylic acids is 1. The lowest BCUT2D eigenvalue weighted by molar-refractivity contribution is -0.112. The summed E-state index contributed by atoms with van der Waals surface area (Å²) < 4.78 is 0. The Kier molecular flexibility index (Phi) is 2.84. The van der Waals surface area contributed by atoms with E-state index in [4.69, 9.17) is 11.6 Å². The van der Waals surface area contributed by atoms with Gasteiger partial charge in [-0.05, 0) is 18.1 Å². The third kappa shape index (κ3) is 2.81. The molecule has 0 aliphatic heterocycles. The van der Waals surface area contributed by atoms with Gasteiger partial charge in [0.15, 0.2) is 0 Å². The number of nitrogens with one attached hydrogen (secondary N) is 1. The molecular weight excluding hydrogens is 168 g/mol. The van der Waals surface area contributed by atoms with Crippen LogP contribution in [0, 0.1) is 11.8 Å². The minimum atomic E-state index is -0.687. The summed E-state index contributed by atoms with van der Waals surface area (Å²) in [5.41, 5.74) is 7.63. The van der Waals surface area contributed by atoms with Crippen molar-refractivity contribution in [3.8, 4) is 11.8 Å². The standard InChI is InChI=1S/C8H8N4O/c9-7(13)5-4-6-2-1-3-8(11-6)12-10/h1-3H,10H2,(H2,9,13)(H,11,12). The van der Waals surface area contributed by atoms with E-state index in [1.807, 2.05) is 0 Å². The van der Waals surface area contributed by atoms with Gasteiger partial charge in [0.1, 0.15) is 11.5 Å². The highest BCUT2D eigenvalue weighted by Gasteiger charge is 1.91. The summed E-state index contributed by atoms with van der Waals surface area (Å²) in [6.07, 6.45) is 0. The van der Waals surface area contributed by atoms with Crippen molar-refractivity contribution in [1.82, 2.24) is 4.98 Å². The Morgan fingerprint density at radius 2 is 2.31 bits per heavy atom. The molecule has 1 amide bonds. The van der Waals surface area contributed by atoms with Gasteiger partial charge in [-0.1, -0.05) is 6.07 Å². The van der Waals surface area contributed by atoms with Gasteiger partial charge in [-0.3, -0.25) is 4.79 Å². The SMILES string of the molecule is NNc1cccc(C#CC(N)=O)n1. The molecule has 1 aromatic heterocycles. The first-order valence-corrected chi connectivity index (χ1v) is 3.47. The Morgan fingerprint density at radius 1 is 1.54 bits per heavy atom. The molecular formula is C8H8N4O. The topological polar surface area (TPSA) is 94.0 Å². The van der Waals surface area contributed by atoms with Crippen molar-refractivity contribution in [2.45, 2.75) is 0 Å². The molecule has 5 N–H and O–H groups in total. The normalized spacial score (nSPS) is 8.38. The van der Waals surface area contributed by atoms with Crippen LogP contribution >= 0.6 is 0 Å². The van der Waals surface area contributed by atoms with E-state index in [0.717, 1.165) is 0 Å². The number of amides is 1. The lowest BCUT2D eigenvalue weighted by Crippen LogP contribution is -2.09. The van der Waals surface area contributed by atoms with Crippen molar-refractivity contribution in [2.75, 3.05) is 5.43 Å². The number of nitrogens with zero attached hydrogens (tertiary/aromatic N) is 1. The van der Waals surface area contributed by atoms with Gasteiger partial charge in [-0.25, -0.2) is 10.8 Å². The van der Waals surface area contributed by atoms with Gasteiger partial charge in [-0.15, -0.1) is 0 Å². The second-order valence-electron chi connectivity index (χ2n) is 2.17. The summed E-state index contributed by atoms with van der Waals surface area (Å²) in [7, 11) is 0. The van der Waals surface area contributed by atoms with Crippen LogP contribution in [0.15, 0.2) is 18.2 Å². The number of aromatic nitrogens is 1. The minimum absolute atomic E-state index is 0.439. The molecule has 1 heterocycles. The summed E-state index contributed by atoms with van der Waals surface area (Å²) in [4.78, 5) is 14.3. The van der Waals surface area contributed by atoms with Crippen LogP contribution < -0.4 is 17.0 Å². The third-order valence-electron chi connectivity index (χ3n) is 1.21. The molecule has 5 heteroatoms. The van der Waals surface area contributed by atoms with E-state index in [9.17, 15) is 4.79 Å². The first kappa shape index (κ1) is 9.03. The van der Waals surface area contributed by atoms with Crippen molar-refractivity contribution in [3.63, 3.8) is 0 Å². The summed E-state index contributed by atoms with van der Waals surface area (Å²) in [6, 6.07) is 5.04. The quantitative estimate of drug-likeness (QED) is 0.297. The van der Waals surface area contributed by atoms with E-state index < -0.39 is 5.91 Å². The molecule has 0 radical (unpaired) electrons. The van der Waals surface area contributed by atoms with E-state index in [-0.39, 0.29) is 0 Å². The monoisotopic (exact) mass is 176 g/mol. The Morgan fingerprint density at radius 3 is 2.92 bits per heavy atom. The summed E-state index contributed by atoms with van der Waals surface area (Å²) in [6.45, 7) is 0. The number of nitrogens with two attached hydrogens (primary N) is 2. The van der Waals surface area contributed by atoms with Gasteiger partial charge in [0, 0.05) is 5.92 Å². The molecule has 1 aromatic rings. The van der Waals surface area contributed by atoms with Crippen molar-refractivity contribution in [1.29, 1.82) is 0 Å². The van der Waals surface area contributed by atoms with Crippen molar-refractivity contribution in [2.24, 2.45) is 11.6 Å². The Labute approximate surface area is 75.1 Å². The molecule has 5 nitrogen and oxygen atoms in total. The fourth-order valence-corrected chi connectivity index (χ4v) is 0.710. The van der Waals surface area contributed by atoms with Crippen molar-refractivity contribution >= 4 is 11.7 Å². The maximum absolute atomic E-state index is 10.3. The molecule has 0 saturated heterocycles. The summed E-state index contributed by atoms with van der Waals surface area (Å²) >= 11 is 0. The zero-order valence-corrected chi connectivity index (χ0v) is 6.74. The number of anilines is 1. The molecule has 0 fully saturated rings. The number of hydrogen-bond donors (Lipinski definition) is 3. The smallest absolute Gasteiger partial charge is 0.293 e. The van der Waals surface area contributed by atoms with Gasteiger partial charge in [0.2, 0.25) is 0 Å². The molecule has 1 rings (SSSR count). The predicted molar refractivity (Wildman–Crippen MR) is 48.1 cm³/mol. The third-order valence-corrected chi connectivity index (χ3v) is 1.21. The molecule has 0 aromatic carbocycles. The Bertz CT molecular complexity index is 377. The van der Waals surface area contributed by atoms with E-state index in [2.05, 4.69) is 22.3 Å². The fraction of sp³-hybridized carbons (Fsp3) is 0. The number of rotatable bonds is 1. The van der Waals surface area contributed by atoms with Crippen molar-refractivity contribution in [3.05, 3.63) is 23.9 Å². The number of pyridine rings is 1. The number of nitrogen functional groups attached to an aromatic ring is 1. The van der Waals surface area contributed by atoms with Gasteiger partial charge < -0.3 is 11.2 Å². The maximum atomic E-state index is 10.3. The summed E-state index contributed by atoms with van der Waals surface area (Å²) in [5, 5.41) is 0.